The quantitative estimate of drug-likeness (QED) is 0.595. The summed E-state index contributed by atoms with van der Waals surface area (Å²) in [6.45, 7) is 3.39. The first-order valence-electron chi connectivity index (χ1n) is 3.98. The molecule has 1 N–H and O–H groups in total. The van der Waals surface area contributed by atoms with Gasteiger partial charge in [-0.1, -0.05) is 0 Å². The van der Waals surface area contributed by atoms with Gasteiger partial charge >= 0.3 is 0 Å². The van der Waals surface area contributed by atoms with Crippen molar-refractivity contribution < 1.29 is 19.4 Å². The lowest BCUT2D eigenvalue weighted by Gasteiger charge is -2.34. The van der Waals surface area contributed by atoms with E-state index < -0.39 is 18.3 Å². The van der Waals surface area contributed by atoms with Crippen molar-refractivity contribution in [3.63, 3.8) is 0 Å². The maximum absolute atomic E-state index is 11.3. The van der Waals surface area contributed by atoms with Gasteiger partial charge in [0.05, 0.1) is 6.10 Å². The Labute approximate surface area is 71.5 Å². The zero-order valence-electron chi connectivity index (χ0n) is 7.48. The Bertz CT molecular complexity index is 180. The molecule has 0 aliphatic carbocycles. The van der Waals surface area contributed by atoms with Crippen molar-refractivity contribution in [1.82, 2.24) is 0 Å². The largest absolute Gasteiger partial charge is 0.387 e. The van der Waals surface area contributed by atoms with Gasteiger partial charge in [-0.2, -0.15) is 0 Å². The fourth-order valence-corrected chi connectivity index (χ4v) is 1.37. The number of carbonyl (C=O) groups excluding carboxylic acids is 1. The van der Waals surface area contributed by atoms with E-state index in [9.17, 15) is 9.90 Å². The first-order valence-corrected chi connectivity index (χ1v) is 3.98. The van der Waals surface area contributed by atoms with Crippen LogP contribution in [0.15, 0.2) is 0 Å². The molecule has 0 unspecified atom stereocenters. The minimum Gasteiger partial charge on any atom is -0.387 e. The molecule has 0 aromatic rings. The van der Waals surface area contributed by atoms with Crippen LogP contribution in [0.5, 0.6) is 0 Å². The van der Waals surface area contributed by atoms with Crippen LogP contribution in [0.3, 0.4) is 0 Å². The highest BCUT2D eigenvalue weighted by Gasteiger charge is 2.40. The number of aliphatic hydroxyl groups excluding tert-OH is 1. The van der Waals surface area contributed by atoms with Gasteiger partial charge in [-0.25, -0.2) is 0 Å². The topological polar surface area (TPSA) is 55.8 Å². The van der Waals surface area contributed by atoms with Crippen LogP contribution < -0.4 is 0 Å². The molecule has 1 aliphatic heterocycles. The summed E-state index contributed by atoms with van der Waals surface area (Å²) >= 11 is 0. The highest BCUT2D eigenvalue weighted by Crippen LogP contribution is 2.18. The van der Waals surface area contributed by atoms with Crippen LogP contribution in [0.25, 0.3) is 0 Å². The Hall–Kier alpha value is -0.450. The van der Waals surface area contributed by atoms with Gasteiger partial charge in [0.25, 0.3) is 0 Å². The van der Waals surface area contributed by atoms with Crippen LogP contribution >= 0.6 is 0 Å². The highest BCUT2D eigenvalue weighted by molar-refractivity contribution is 5.88. The maximum Gasteiger partial charge on any atom is 0.192 e. The molecule has 0 saturated carbocycles. The van der Waals surface area contributed by atoms with Crippen molar-refractivity contribution in [3.8, 4) is 0 Å². The molecule has 1 aliphatic rings. The van der Waals surface area contributed by atoms with Crippen molar-refractivity contribution in [3.05, 3.63) is 0 Å². The van der Waals surface area contributed by atoms with Gasteiger partial charge in [0.15, 0.2) is 5.78 Å². The standard InChI is InChI=1S/C8H14O4/c1-4-6(9)8(11-3)7(10)5(2)12-4/h4-6,8-9H,1-3H3/t4-,5-,6-,8+/m0/s1. The predicted octanol–water partition coefficient (Wildman–Crippen LogP) is -0.261. The minimum atomic E-state index is -0.848. The molecule has 1 rings (SSSR count). The van der Waals surface area contributed by atoms with E-state index in [1.54, 1.807) is 13.8 Å². The summed E-state index contributed by atoms with van der Waals surface area (Å²) < 4.78 is 10.0. The molecule has 0 aromatic heterocycles. The first kappa shape index (κ1) is 9.64. The van der Waals surface area contributed by atoms with Crippen LogP contribution in [0.4, 0.5) is 0 Å². The second kappa shape index (κ2) is 3.51. The molecule has 70 valence electrons. The molecular formula is C8H14O4. The molecular weight excluding hydrogens is 160 g/mol. The number of methoxy groups -OCH3 is 1. The number of Topliss-reactive ketones (excluding diaryl/α,β-unsaturated/α-hetero) is 1. The number of hydrogen-bond acceptors (Lipinski definition) is 4. The molecule has 4 nitrogen and oxygen atoms in total. The first-order chi connectivity index (χ1) is 5.57. The SMILES string of the molecule is CO[C@H]1C(=O)[C@H](C)O[C@@H](C)[C@@H]1O. The Morgan fingerprint density at radius 3 is 2.58 bits per heavy atom. The summed E-state index contributed by atoms with van der Waals surface area (Å²) in [4.78, 5) is 11.3. The number of rotatable bonds is 1. The van der Waals surface area contributed by atoms with Crippen molar-refractivity contribution in [2.45, 2.75) is 38.3 Å². The molecule has 1 heterocycles. The van der Waals surface area contributed by atoms with E-state index in [0.29, 0.717) is 0 Å². The third-order valence-electron chi connectivity index (χ3n) is 2.14. The van der Waals surface area contributed by atoms with Crippen molar-refractivity contribution in [2.24, 2.45) is 0 Å². The lowest BCUT2D eigenvalue weighted by molar-refractivity contribution is -0.180. The molecule has 0 radical (unpaired) electrons. The zero-order valence-corrected chi connectivity index (χ0v) is 7.48. The fraction of sp³-hybridized carbons (Fsp3) is 0.875. The van der Waals surface area contributed by atoms with Crippen molar-refractivity contribution in [2.75, 3.05) is 7.11 Å². The summed E-state index contributed by atoms with van der Waals surface area (Å²) in [5.74, 6) is -0.192. The van der Waals surface area contributed by atoms with E-state index in [0.717, 1.165) is 0 Å². The fourth-order valence-electron chi connectivity index (χ4n) is 1.37. The van der Waals surface area contributed by atoms with Gasteiger partial charge in [-0.3, -0.25) is 4.79 Å². The molecule has 4 heteroatoms. The normalized spacial score (nSPS) is 43.2. The second-order valence-electron chi connectivity index (χ2n) is 3.03. The molecule has 0 bridgehead atoms. The minimum absolute atomic E-state index is 0.192. The summed E-state index contributed by atoms with van der Waals surface area (Å²) in [6, 6.07) is 0. The van der Waals surface area contributed by atoms with Crippen LogP contribution in [0, 0.1) is 0 Å². The van der Waals surface area contributed by atoms with E-state index in [2.05, 4.69) is 0 Å². The number of hydrogen-bond donors (Lipinski definition) is 1. The lowest BCUT2D eigenvalue weighted by atomic mass is 9.98. The smallest absolute Gasteiger partial charge is 0.192 e. The molecule has 0 spiro atoms. The molecule has 4 atom stereocenters. The number of carbonyl (C=O) groups is 1. The van der Waals surface area contributed by atoms with Crippen molar-refractivity contribution >= 4 is 5.78 Å². The molecule has 0 amide bonds. The van der Waals surface area contributed by atoms with E-state index in [4.69, 9.17) is 9.47 Å². The zero-order chi connectivity index (χ0) is 9.30. The van der Waals surface area contributed by atoms with E-state index >= 15 is 0 Å². The highest BCUT2D eigenvalue weighted by atomic mass is 16.5. The second-order valence-corrected chi connectivity index (χ2v) is 3.03. The van der Waals surface area contributed by atoms with E-state index in [-0.39, 0.29) is 11.9 Å². The number of ketones is 1. The predicted molar refractivity (Wildman–Crippen MR) is 41.8 cm³/mol. The summed E-state index contributed by atoms with van der Waals surface area (Å²) in [7, 11) is 1.41. The molecule has 0 aromatic carbocycles. The Balaban J connectivity index is 2.74. The van der Waals surface area contributed by atoms with E-state index in [1.807, 2.05) is 0 Å². The number of ether oxygens (including phenoxy) is 2. The summed E-state index contributed by atoms with van der Waals surface area (Å²) in [6.07, 6.45) is -2.40. The Morgan fingerprint density at radius 2 is 2.08 bits per heavy atom. The Morgan fingerprint density at radius 1 is 1.50 bits per heavy atom. The summed E-state index contributed by atoms with van der Waals surface area (Å²) in [5.41, 5.74) is 0. The van der Waals surface area contributed by atoms with Gasteiger partial charge in [0.1, 0.15) is 18.3 Å². The maximum atomic E-state index is 11.3. The molecule has 1 saturated heterocycles. The van der Waals surface area contributed by atoms with E-state index in [1.165, 1.54) is 7.11 Å². The van der Waals surface area contributed by atoms with Gasteiger partial charge in [0, 0.05) is 7.11 Å². The van der Waals surface area contributed by atoms with Gasteiger partial charge in [-0.05, 0) is 13.8 Å². The van der Waals surface area contributed by atoms with Gasteiger partial charge < -0.3 is 14.6 Å². The molecule has 1 fully saturated rings. The van der Waals surface area contributed by atoms with Crippen LogP contribution in [-0.4, -0.2) is 42.4 Å². The van der Waals surface area contributed by atoms with Crippen molar-refractivity contribution in [1.29, 1.82) is 0 Å². The summed E-state index contributed by atoms with van der Waals surface area (Å²) in [5, 5.41) is 9.45. The monoisotopic (exact) mass is 174 g/mol. The lowest BCUT2D eigenvalue weighted by Crippen LogP contribution is -2.53. The third kappa shape index (κ3) is 1.50. The third-order valence-corrected chi connectivity index (χ3v) is 2.14. The van der Waals surface area contributed by atoms with Gasteiger partial charge in [-0.15, -0.1) is 0 Å². The van der Waals surface area contributed by atoms with Gasteiger partial charge in [0.2, 0.25) is 0 Å². The number of aliphatic hydroxyl groups is 1. The van der Waals surface area contributed by atoms with Crippen LogP contribution in [0.1, 0.15) is 13.8 Å². The van der Waals surface area contributed by atoms with Crippen LogP contribution in [-0.2, 0) is 14.3 Å². The average Bonchev–Trinajstić information content (AvgIpc) is 2.02. The average molecular weight is 174 g/mol. The Kier molecular flexibility index (Phi) is 2.82. The molecule has 12 heavy (non-hydrogen) atoms. The van der Waals surface area contributed by atoms with Crippen LogP contribution in [0.2, 0.25) is 0 Å².